The minimum absolute atomic E-state index is 0.148. The lowest BCUT2D eigenvalue weighted by Crippen LogP contribution is -2.08. The molecule has 0 aliphatic rings. The average molecular weight is 225 g/mol. The Balaban J connectivity index is 3.19. The van der Waals surface area contributed by atoms with Gasteiger partial charge in [0.25, 0.3) is 5.69 Å². The third-order valence-electron chi connectivity index (χ3n) is 2.07. The summed E-state index contributed by atoms with van der Waals surface area (Å²) in [6.07, 6.45) is -0.184. The van der Waals surface area contributed by atoms with E-state index in [1.165, 1.54) is 26.4 Å². The van der Waals surface area contributed by atoms with Gasteiger partial charge in [-0.3, -0.25) is 14.9 Å². The Hall–Kier alpha value is -2.11. The zero-order valence-electron chi connectivity index (χ0n) is 8.93. The van der Waals surface area contributed by atoms with Gasteiger partial charge in [0, 0.05) is 6.07 Å². The highest BCUT2D eigenvalue weighted by atomic mass is 16.6. The molecule has 0 spiro atoms. The van der Waals surface area contributed by atoms with Crippen molar-refractivity contribution in [2.45, 2.75) is 6.42 Å². The molecule has 0 aliphatic carbocycles. The third-order valence-corrected chi connectivity index (χ3v) is 2.07. The van der Waals surface area contributed by atoms with Crippen molar-refractivity contribution < 1.29 is 19.2 Å². The van der Waals surface area contributed by atoms with Gasteiger partial charge in [0.15, 0.2) is 0 Å². The van der Waals surface area contributed by atoms with E-state index < -0.39 is 10.9 Å². The number of hydrogen-bond donors (Lipinski definition) is 0. The number of nitrogens with zero attached hydrogens (tertiary/aromatic N) is 1. The molecule has 0 amide bonds. The Kier molecular flexibility index (Phi) is 3.82. The number of nitro benzene ring substituents is 1. The molecule has 0 saturated carbocycles. The summed E-state index contributed by atoms with van der Waals surface area (Å²) in [7, 11) is 2.61. The largest absolute Gasteiger partial charge is 0.496 e. The lowest BCUT2D eigenvalue weighted by atomic mass is 10.1. The van der Waals surface area contributed by atoms with Crippen molar-refractivity contribution in [1.29, 1.82) is 0 Å². The van der Waals surface area contributed by atoms with Gasteiger partial charge < -0.3 is 9.47 Å². The summed E-state index contributed by atoms with van der Waals surface area (Å²) >= 11 is 0. The van der Waals surface area contributed by atoms with E-state index in [-0.39, 0.29) is 17.7 Å². The van der Waals surface area contributed by atoms with E-state index in [1.54, 1.807) is 6.07 Å². The molecule has 0 radical (unpaired) electrons. The molecule has 0 heterocycles. The number of nitro groups is 1. The van der Waals surface area contributed by atoms with Gasteiger partial charge in [-0.05, 0) is 6.07 Å². The van der Waals surface area contributed by atoms with Crippen molar-refractivity contribution in [1.82, 2.24) is 0 Å². The number of hydrogen-bond acceptors (Lipinski definition) is 5. The maximum Gasteiger partial charge on any atom is 0.310 e. The van der Waals surface area contributed by atoms with Gasteiger partial charge >= 0.3 is 5.97 Å². The predicted molar refractivity (Wildman–Crippen MR) is 55.4 cm³/mol. The van der Waals surface area contributed by atoms with Crippen LogP contribution in [0.3, 0.4) is 0 Å². The van der Waals surface area contributed by atoms with E-state index in [4.69, 9.17) is 4.74 Å². The molecule has 0 atom stereocenters. The smallest absolute Gasteiger partial charge is 0.310 e. The van der Waals surface area contributed by atoms with Crippen LogP contribution in [0, 0.1) is 10.1 Å². The average Bonchev–Trinajstić information content (AvgIpc) is 2.28. The third kappa shape index (κ3) is 2.47. The van der Waals surface area contributed by atoms with Gasteiger partial charge in [-0.1, -0.05) is 6.07 Å². The second-order valence-corrected chi connectivity index (χ2v) is 2.97. The van der Waals surface area contributed by atoms with Crippen molar-refractivity contribution in [2.24, 2.45) is 0 Å². The van der Waals surface area contributed by atoms with Crippen LogP contribution < -0.4 is 4.74 Å². The minimum Gasteiger partial charge on any atom is -0.496 e. The van der Waals surface area contributed by atoms with Crippen molar-refractivity contribution in [3.8, 4) is 5.75 Å². The zero-order valence-corrected chi connectivity index (χ0v) is 8.93. The van der Waals surface area contributed by atoms with Gasteiger partial charge in [0.2, 0.25) is 0 Å². The molecular weight excluding hydrogens is 214 g/mol. The molecule has 0 aliphatic heterocycles. The SMILES string of the molecule is COC(=O)Cc1c(OC)cccc1[N+](=O)[O-]. The Morgan fingerprint density at radius 2 is 2.12 bits per heavy atom. The topological polar surface area (TPSA) is 78.7 Å². The minimum atomic E-state index is -0.555. The number of esters is 1. The number of methoxy groups -OCH3 is 2. The van der Waals surface area contributed by atoms with Gasteiger partial charge in [-0.25, -0.2) is 0 Å². The van der Waals surface area contributed by atoms with Crippen LogP contribution in [0.5, 0.6) is 5.75 Å². The van der Waals surface area contributed by atoms with Gasteiger partial charge in [-0.15, -0.1) is 0 Å². The van der Waals surface area contributed by atoms with Crippen LogP contribution in [-0.4, -0.2) is 25.1 Å². The Labute approximate surface area is 91.9 Å². The first kappa shape index (κ1) is 12.0. The summed E-state index contributed by atoms with van der Waals surface area (Å²) in [6.45, 7) is 0. The molecular formula is C10H11NO5. The number of carbonyl (C=O) groups excluding carboxylic acids is 1. The molecule has 6 nitrogen and oxygen atoms in total. The number of carbonyl (C=O) groups is 1. The van der Waals surface area contributed by atoms with E-state index in [1.807, 2.05) is 0 Å². The van der Waals surface area contributed by atoms with Crippen LogP contribution in [-0.2, 0) is 16.0 Å². The zero-order chi connectivity index (χ0) is 12.1. The summed E-state index contributed by atoms with van der Waals surface area (Å²) < 4.78 is 9.44. The van der Waals surface area contributed by atoms with Gasteiger partial charge in [-0.2, -0.15) is 0 Å². The first-order chi connectivity index (χ1) is 7.60. The van der Waals surface area contributed by atoms with Crippen molar-refractivity contribution in [3.05, 3.63) is 33.9 Å². The molecule has 16 heavy (non-hydrogen) atoms. The first-order valence-corrected chi connectivity index (χ1v) is 4.47. The molecule has 0 N–H and O–H groups in total. The molecule has 1 aromatic rings. The fourth-order valence-electron chi connectivity index (χ4n) is 1.31. The maximum atomic E-state index is 11.1. The normalized spacial score (nSPS) is 9.62. The summed E-state index contributed by atoms with van der Waals surface area (Å²) in [6, 6.07) is 4.38. The monoisotopic (exact) mass is 225 g/mol. The fourth-order valence-corrected chi connectivity index (χ4v) is 1.31. The predicted octanol–water partition coefficient (Wildman–Crippen LogP) is 1.32. The summed E-state index contributed by atoms with van der Waals surface area (Å²) in [5.41, 5.74) is 0.0756. The number of ether oxygens (including phenoxy) is 2. The van der Waals surface area contributed by atoms with Gasteiger partial charge in [0.1, 0.15) is 5.75 Å². The van der Waals surface area contributed by atoms with Crippen LogP contribution in [0.25, 0.3) is 0 Å². The first-order valence-electron chi connectivity index (χ1n) is 4.47. The quantitative estimate of drug-likeness (QED) is 0.438. The highest BCUT2D eigenvalue weighted by Crippen LogP contribution is 2.28. The standard InChI is InChI=1S/C10H11NO5/c1-15-9-5-3-4-8(11(13)14)7(9)6-10(12)16-2/h3-5H,6H2,1-2H3. The van der Waals surface area contributed by atoms with Gasteiger partial charge in [0.05, 0.1) is 31.1 Å². The van der Waals surface area contributed by atoms with Crippen LogP contribution >= 0.6 is 0 Å². The second kappa shape index (κ2) is 5.11. The summed E-state index contributed by atoms with van der Waals surface area (Å²) in [4.78, 5) is 21.3. The Bertz CT molecular complexity index is 416. The van der Waals surface area contributed by atoms with E-state index in [0.29, 0.717) is 5.75 Å². The van der Waals surface area contributed by atoms with Crippen LogP contribution in [0.4, 0.5) is 5.69 Å². The molecule has 86 valence electrons. The molecule has 1 rings (SSSR count). The van der Waals surface area contributed by atoms with Crippen LogP contribution in [0.1, 0.15) is 5.56 Å². The Morgan fingerprint density at radius 1 is 1.44 bits per heavy atom. The van der Waals surface area contributed by atoms with E-state index in [2.05, 4.69) is 4.74 Å². The molecule has 0 bridgehead atoms. The fraction of sp³-hybridized carbons (Fsp3) is 0.300. The highest BCUT2D eigenvalue weighted by Gasteiger charge is 2.20. The van der Waals surface area contributed by atoms with Crippen LogP contribution in [0.2, 0.25) is 0 Å². The molecule has 0 fully saturated rings. The molecule has 0 aromatic heterocycles. The van der Waals surface area contributed by atoms with E-state index >= 15 is 0 Å². The Morgan fingerprint density at radius 3 is 2.62 bits per heavy atom. The van der Waals surface area contributed by atoms with Crippen molar-refractivity contribution in [3.63, 3.8) is 0 Å². The lowest BCUT2D eigenvalue weighted by Gasteiger charge is -2.07. The van der Waals surface area contributed by atoms with Crippen molar-refractivity contribution in [2.75, 3.05) is 14.2 Å². The molecule has 6 heteroatoms. The molecule has 0 unspecified atom stereocenters. The number of benzene rings is 1. The lowest BCUT2D eigenvalue weighted by molar-refractivity contribution is -0.385. The number of rotatable bonds is 4. The summed E-state index contributed by atoms with van der Waals surface area (Å²) in [5, 5.41) is 10.8. The van der Waals surface area contributed by atoms with E-state index in [0.717, 1.165) is 0 Å². The second-order valence-electron chi connectivity index (χ2n) is 2.97. The van der Waals surface area contributed by atoms with Crippen molar-refractivity contribution >= 4 is 11.7 Å². The van der Waals surface area contributed by atoms with E-state index in [9.17, 15) is 14.9 Å². The summed E-state index contributed by atoms with van der Waals surface area (Å²) in [5.74, 6) is -0.243. The maximum absolute atomic E-state index is 11.1. The highest BCUT2D eigenvalue weighted by molar-refractivity contribution is 5.75. The van der Waals surface area contributed by atoms with Crippen LogP contribution in [0.15, 0.2) is 18.2 Å². The molecule has 0 saturated heterocycles. The molecule has 1 aromatic carbocycles.